The molecule has 0 aliphatic carbocycles. The van der Waals surface area contributed by atoms with Crippen molar-refractivity contribution in [2.24, 2.45) is 0 Å². The molecule has 99 valence electrons. The van der Waals surface area contributed by atoms with E-state index in [1.54, 1.807) is 0 Å². The van der Waals surface area contributed by atoms with Gasteiger partial charge in [0.05, 0.1) is 12.3 Å². The van der Waals surface area contributed by atoms with E-state index in [2.05, 4.69) is 23.6 Å². The van der Waals surface area contributed by atoms with Crippen LogP contribution in [-0.2, 0) is 0 Å². The number of hydrogen-bond acceptors (Lipinski definition) is 2. The van der Waals surface area contributed by atoms with E-state index in [1.807, 2.05) is 0 Å². The first-order valence-electron chi connectivity index (χ1n) is 7.53. The summed E-state index contributed by atoms with van der Waals surface area (Å²) in [5.74, 6) is 0. The van der Waals surface area contributed by atoms with Gasteiger partial charge in [0.25, 0.3) is 0 Å². The van der Waals surface area contributed by atoms with Gasteiger partial charge in [0.1, 0.15) is 0 Å². The fourth-order valence-corrected chi connectivity index (χ4v) is 3.19. The molecule has 0 saturated carbocycles. The number of hydrogen-bond donors (Lipinski definition) is 0. The zero-order valence-corrected chi connectivity index (χ0v) is 11.6. The summed E-state index contributed by atoms with van der Waals surface area (Å²) in [4.78, 5) is 5.16. The Morgan fingerprint density at radius 2 is 1.12 bits per heavy atom. The van der Waals surface area contributed by atoms with Gasteiger partial charge in [-0.15, -0.1) is 0 Å². The molecule has 2 saturated heterocycles. The highest BCUT2D eigenvalue weighted by atomic mass is 15.4. The van der Waals surface area contributed by atoms with Crippen molar-refractivity contribution < 1.29 is 0 Å². The van der Waals surface area contributed by atoms with Crippen LogP contribution in [0.5, 0.6) is 0 Å². The van der Waals surface area contributed by atoms with Crippen LogP contribution in [0.4, 0.5) is 0 Å². The van der Waals surface area contributed by atoms with Crippen molar-refractivity contribution in [3.05, 3.63) is 0 Å². The topological polar surface area (TPSA) is 20.6 Å². The zero-order chi connectivity index (χ0) is 12.1. The Hall–Kier alpha value is -0.120. The number of likely N-dealkylation sites (tertiary alicyclic amines) is 2. The maximum absolute atomic E-state index is 5.13. The quantitative estimate of drug-likeness (QED) is 0.707. The first-order valence-corrected chi connectivity index (χ1v) is 7.53. The van der Waals surface area contributed by atoms with Crippen molar-refractivity contribution in [1.82, 2.24) is 15.1 Å². The largest absolute Gasteiger partial charge is 0.287 e. The van der Waals surface area contributed by atoms with Crippen molar-refractivity contribution in [3.63, 3.8) is 0 Å². The number of rotatable bonds is 6. The van der Waals surface area contributed by atoms with E-state index in [9.17, 15) is 0 Å². The van der Waals surface area contributed by atoms with Crippen molar-refractivity contribution in [3.8, 4) is 0 Å². The third kappa shape index (κ3) is 3.43. The normalized spacial score (nSPS) is 26.5. The Kier molecular flexibility index (Phi) is 5.26. The summed E-state index contributed by atoms with van der Waals surface area (Å²) < 4.78 is 0. The molecule has 2 fully saturated rings. The van der Waals surface area contributed by atoms with Crippen LogP contribution in [-0.4, -0.2) is 48.3 Å². The Balaban J connectivity index is 1.86. The molecule has 1 radical (unpaired) electrons. The van der Waals surface area contributed by atoms with Gasteiger partial charge in [-0.25, -0.2) is 5.32 Å². The molecule has 2 aliphatic rings. The molecular formula is C14H28N3. The van der Waals surface area contributed by atoms with Gasteiger partial charge in [0, 0.05) is 0 Å². The highest BCUT2D eigenvalue weighted by Gasteiger charge is 2.27. The van der Waals surface area contributed by atoms with E-state index < -0.39 is 0 Å². The molecule has 3 nitrogen and oxygen atoms in total. The van der Waals surface area contributed by atoms with Crippen LogP contribution in [0.25, 0.3) is 0 Å². The second-order valence-corrected chi connectivity index (χ2v) is 5.41. The Labute approximate surface area is 107 Å². The first kappa shape index (κ1) is 13.3. The molecule has 0 N–H and O–H groups in total. The minimum atomic E-state index is 0.475. The SMILES string of the molecule is CCC([N]C(CC)N1CCCC1)N1CCCC1. The van der Waals surface area contributed by atoms with E-state index in [1.165, 1.54) is 64.7 Å². The van der Waals surface area contributed by atoms with E-state index >= 15 is 0 Å². The molecule has 2 atom stereocenters. The molecule has 0 bridgehead atoms. The lowest BCUT2D eigenvalue weighted by Gasteiger charge is -2.33. The lowest BCUT2D eigenvalue weighted by atomic mass is 10.2. The van der Waals surface area contributed by atoms with Gasteiger partial charge in [0.15, 0.2) is 0 Å². The molecule has 17 heavy (non-hydrogen) atoms. The number of nitrogens with zero attached hydrogens (tertiary/aromatic N) is 3. The maximum atomic E-state index is 5.13. The molecule has 3 heteroatoms. The van der Waals surface area contributed by atoms with Crippen LogP contribution in [0.2, 0.25) is 0 Å². The summed E-state index contributed by atoms with van der Waals surface area (Å²) in [5.41, 5.74) is 0. The van der Waals surface area contributed by atoms with Gasteiger partial charge >= 0.3 is 0 Å². The molecule has 2 aliphatic heterocycles. The Bertz CT molecular complexity index is 186. The summed E-state index contributed by atoms with van der Waals surface area (Å²) in [7, 11) is 0. The average Bonchev–Trinajstić information content (AvgIpc) is 3.03. The van der Waals surface area contributed by atoms with Gasteiger partial charge in [-0.2, -0.15) is 0 Å². The lowest BCUT2D eigenvalue weighted by Crippen LogP contribution is -2.49. The molecule has 0 aromatic heterocycles. The van der Waals surface area contributed by atoms with Crippen LogP contribution in [0.3, 0.4) is 0 Å². The minimum Gasteiger partial charge on any atom is -0.287 e. The van der Waals surface area contributed by atoms with E-state index in [4.69, 9.17) is 5.32 Å². The van der Waals surface area contributed by atoms with Crippen LogP contribution < -0.4 is 5.32 Å². The fraction of sp³-hybridized carbons (Fsp3) is 1.00. The molecule has 2 unspecified atom stereocenters. The van der Waals surface area contributed by atoms with Gasteiger partial charge in [-0.05, 0) is 64.7 Å². The molecule has 2 rings (SSSR count). The summed E-state index contributed by atoms with van der Waals surface area (Å²) in [6.07, 6.45) is 8.76. The van der Waals surface area contributed by atoms with Gasteiger partial charge in [-0.1, -0.05) is 13.8 Å². The van der Waals surface area contributed by atoms with Crippen molar-refractivity contribution in [2.75, 3.05) is 26.2 Å². The van der Waals surface area contributed by atoms with E-state index in [-0.39, 0.29) is 0 Å². The van der Waals surface area contributed by atoms with Crippen LogP contribution >= 0.6 is 0 Å². The molecule has 0 spiro atoms. The Morgan fingerprint density at radius 3 is 1.41 bits per heavy atom. The smallest absolute Gasteiger partial charge is 0.0776 e. The van der Waals surface area contributed by atoms with Crippen LogP contribution in [0.15, 0.2) is 0 Å². The summed E-state index contributed by atoms with van der Waals surface area (Å²) in [5, 5.41) is 5.13. The van der Waals surface area contributed by atoms with Gasteiger partial charge < -0.3 is 0 Å². The highest BCUT2D eigenvalue weighted by Crippen LogP contribution is 2.18. The predicted octanol–water partition coefficient (Wildman–Crippen LogP) is 2.25. The molecule has 2 heterocycles. The van der Waals surface area contributed by atoms with E-state index in [0.29, 0.717) is 12.3 Å². The molecular weight excluding hydrogens is 210 g/mol. The lowest BCUT2D eigenvalue weighted by molar-refractivity contribution is 0.108. The maximum Gasteiger partial charge on any atom is 0.0776 e. The second-order valence-electron chi connectivity index (χ2n) is 5.41. The zero-order valence-electron chi connectivity index (χ0n) is 11.6. The van der Waals surface area contributed by atoms with Crippen molar-refractivity contribution in [2.45, 2.75) is 64.7 Å². The van der Waals surface area contributed by atoms with Crippen molar-refractivity contribution >= 4 is 0 Å². The monoisotopic (exact) mass is 238 g/mol. The standard InChI is InChI=1S/C14H28N3/c1-3-13(16-9-5-6-10-16)15-14(4-2)17-11-7-8-12-17/h13-14H,3-12H2,1-2H3. The molecule has 0 aromatic carbocycles. The first-order chi connectivity index (χ1) is 8.35. The summed E-state index contributed by atoms with van der Waals surface area (Å²) in [6.45, 7) is 9.61. The van der Waals surface area contributed by atoms with Crippen LogP contribution in [0, 0.1) is 0 Å². The predicted molar refractivity (Wildman–Crippen MR) is 71.9 cm³/mol. The second kappa shape index (κ2) is 6.72. The molecule has 0 amide bonds. The Morgan fingerprint density at radius 1 is 0.765 bits per heavy atom. The highest BCUT2D eigenvalue weighted by molar-refractivity contribution is 4.79. The van der Waals surface area contributed by atoms with Gasteiger partial charge in [-0.3, -0.25) is 9.80 Å². The third-order valence-corrected chi connectivity index (χ3v) is 4.20. The fourth-order valence-electron chi connectivity index (χ4n) is 3.19. The van der Waals surface area contributed by atoms with Crippen LogP contribution in [0.1, 0.15) is 52.4 Å². The summed E-state index contributed by atoms with van der Waals surface area (Å²) >= 11 is 0. The van der Waals surface area contributed by atoms with Gasteiger partial charge in [0.2, 0.25) is 0 Å². The van der Waals surface area contributed by atoms with Crippen molar-refractivity contribution in [1.29, 1.82) is 0 Å². The minimum absolute atomic E-state index is 0.475. The van der Waals surface area contributed by atoms with E-state index in [0.717, 1.165) is 0 Å². The summed E-state index contributed by atoms with van der Waals surface area (Å²) in [6, 6.07) is 0. The average molecular weight is 238 g/mol. The third-order valence-electron chi connectivity index (χ3n) is 4.20. The molecule has 0 aromatic rings.